The molecular weight excluding hydrogens is 362 g/mol. The van der Waals surface area contributed by atoms with Crippen molar-refractivity contribution in [1.29, 1.82) is 0 Å². The number of nitrogens with one attached hydrogen (secondary N) is 1. The highest BCUT2D eigenvalue weighted by molar-refractivity contribution is 5.60. The molecule has 29 heavy (non-hydrogen) atoms. The first kappa shape index (κ1) is 18.6. The van der Waals surface area contributed by atoms with Crippen molar-refractivity contribution in [3.8, 4) is 22.8 Å². The van der Waals surface area contributed by atoms with Gasteiger partial charge in [0, 0.05) is 17.7 Å². The summed E-state index contributed by atoms with van der Waals surface area (Å²) >= 11 is 0. The molecule has 5 heteroatoms. The molecule has 0 aliphatic rings. The molecule has 0 unspecified atom stereocenters. The Hall–Kier alpha value is -3.73. The number of anilines is 1. The summed E-state index contributed by atoms with van der Waals surface area (Å²) in [5, 5.41) is 7.40. The number of hydrogen-bond acceptors (Lipinski definition) is 4. The summed E-state index contributed by atoms with van der Waals surface area (Å²) in [7, 11) is 0. The number of aromatic amines is 1. The van der Waals surface area contributed by atoms with Crippen LogP contribution in [0, 0.1) is 0 Å². The fourth-order valence-corrected chi connectivity index (χ4v) is 2.96. The lowest BCUT2D eigenvalue weighted by atomic mass is 10.1. The van der Waals surface area contributed by atoms with Crippen LogP contribution in [0.5, 0.6) is 11.5 Å². The van der Waals surface area contributed by atoms with E-state index in [2.05, 4.69) is 22.3 Å². The van der Waals surface area contributed by atoms with Crippen LogP contribution in [-0.4, -0.2) is 16.8 Å². The molecule has 0 amide bonds. The Morgan fingerprint density at radius 3 is 2.24 bits per heavy atom. The lowest BCUT2D eigenvalue weighted by Gasteiger charge is -2.07. The molecule has 5 nitrogen and oxygen atoms in total. The van der Waals surface area contributed by atoms with E-state index >= 15 is 0 Å². The average molecular weight is 385 g/mol. The molecule has 0 aliphatic carbocycles. The summed E-state index contributed by atoms with van der Waals surface area (Å²) in [6.07, 6.45) is 0.888. The van der Waals surface area contributed by atoms with E-state index in [0.717, 1.165) is 34.9 Å². The van der Waals surface area contributed by atoms with E-state index < -0.39 is 0 Å². The molecule has 0 radical (unpaired) electrons. The van der Waals surface area contributed by atoms with Gasteiger partial charge in [0.2, 0.25) is 0 Å². The number of nitrogen functional groups attached to an aromatic ring is 1. The Kier molecular flexibility index (Phi) is 5.76. The highest BCUT2D eigenvalue weighted by Crippen LogP contribution is 2.22. The van der Waals surface area contributed by atoms with E-state index in [1.54, 1.807) is 0 Å². The highest BCUT2D eigenvalue weighted by atomic mass is 16.5. The van der Waals surface area contributed by atoms with Crippen molar-refractivity contribution in [3.05, 3.63) is 96.2 Å². The lowest BCUT2D eigenvalue weighted by molar-refractivity contribution is 0.301. The maximum atomic E-state index is 5.84. The summed E-state index contributed by atoms with van der Waals surface area (Å²) in [6, 6.07) is 27.6. The molecule has 4 aromatic rings. The van der Waals surface area contributed by atoms with Gasteiger partial charge in [-0.05, 0) is 60.2 Å². The molecule has 0 aliphatic heterocycles. The third kappa shape index (κ3) is 5.17. The normalized spacial score (nSPS) is 10.6. The van der Waals surface area contributed by atoms with Gasteiger partial charge in [-0.2, -0.15) is 5.10 Å². The van der Waals surface area contributed by atoms with Crippen LogP contribution in [0.25, 0.3) is 11.3 Å². The smallest absolute Gasteiger partial charge is 0.130 e. The molecule has 0 spiro atoms. The predicted octanol–water partition coefficient (Wildman–Crippen LogP) is 4.86. The van der Waals surface area contributed by atoms with Crippen molar-refractivity contribution in [2.24, 2.45) is 0 Å². The zero-order chi connectivity index (χ0) is 19.9. The maximum Gasteiger partial charge on any atom is 0.130 e. The summed E-state index contributed by atoms with van der Waals surface area (Å²) in [6.45, 7) is 1.07. The van der Waals surface area contributed by atoms with E-state index in [9.17, 15) is 0 Å². The van der Waals surface area contributed by atoms with Crippen LogP contribution in [0.1, 0.15) is 11.3 Å². The van der Waals surface area contributed by atoms with Gasteiger partial charge in [0.1, 0.15) is 18.1 Å². The lowest BCUT2D eigenvalue weighted by Crippen LogP contribution is -2.00. The topological polar surface area (TPSA) is 73.2 Å². The van der Waals surface area contributed by atoms with Crippen molar-refractivity contribution >= 4 is 5.69 Å². The number of H-pyrrole nitrogens is 1. The predicted molar refractivity (Wildman–Crippen MR) is 115 cm³/mol. The third-order valence-corrected chi connectivity index (χ3v) is 4.56. The highest BCUT2D eigenvalue weighted by Gasteiger charge is 2.06. The number of hydrogen-bond donors (Lipinski definition) is 2. The van der Waals surface area contributed by atoms with Gasteiger partial charge < -0.3 is 15.2 Å². The van der Waals surface area contributed by atoms with E-state index in [1.807, 2.05) is 72.8 Å². The quantitative estimate of drug-likeness (QED) is 0.425. The van der Waals surface area contributed by atoms with E-state index in [4.69, 9.17) is 15.2 Å². The molecule has 146 valence electrons. The number of rotatable bonds is 8. The van der Waals surface area contributed by atoms with Crippen molar-refractivity contribution < 1.29 is 9.47 Å². The zero-order valence-electron chi connectivity index (χ0n) is 16.0. The summed E-state index contributed by atoms with van der Waals surface area (Å²) in [5.41, 5.74) is 10.5. The second-order valence-corrected chi connectivity index (χ2v) is 6.74. The second-order valence-electron chi connectivity index (χ2n) is 6.74. The number of aromatic nitrogens is 2. The molecule has 0 bridgehead atoms. The Balaban J connectivity index is 1.30. The summed E-state index contributed by atoms with van der Waals surface area (Å²) < 4.78 is 11.6. The van der Waals surface area contributed by atoms with E-state index in [-0.39, 0.29) is 0 Å². The minimum absolute atomic E-state index is 0.414. The second kappa shape index (κ2) is 8.97. The van der Waals surface area contributed by atoms with Crippen LogP contribution < -0.4 is 15.2 Å². The van der Waals surface area contributed by atoms with E-state index in [0.29, 0.717) is 18.9 Å². The maximum absolute atomic E-state index is 5.84. The van der Waals surface area contributed by atoms with Gasteiger partial charge in [-0.1, -0.05) is 30.3 Å². The Morgan fingerprint density at radius 2 is 1.48 bits per heavy atom. The molecule has 3 aromatic carbocycles. The average Bonchev–Trinajstić information content (AvgIpc) is 3.24. The number of nitrogens with two attached hydrogens (primary N) is 1. The van der Waals surface area contributed by atoms with Crippen LogP contribution in [0.2, 0.25) is 0 Å². The first-order valence-corrected chi connectivity index (χ1v) is 9.56. The van der Waals surface area contributed by atoms with Gasteiger partial charge >= 0.3 is 0 Å². The first-order chi connectivity index (χ1) is 14.3. The van der Waals surface area contributed by atoms with Crippen LogP contribution in [0.4, 0.5) is 5.69 Å². The molecular formula is C24H23N3O2. The van der Waals surface area contributed by atoms with E-state index in [1.165, 1.54) is 5.56 Å². The van der Waals surface area contributed by atoms with Crippen LogP contribution in [0.15, 0.2) is 84.9 Å². The Morgan fingerprint density at radius 1 is 0.793 bits per heavy atom. The molecule has 0 saturated carbocycles. The number of nitrogens with zero attached hydrogens (tertiary/aromatic N) is 1. The minimum atomic E-state index is 0.414. The fraction of sp³-hybridized carbons (Fsp3) is 0.125. The van der Waals surface area contributed by atoms with Gasteiger partial charge in [0.15, 0.2) is 0 Å². The fourth-order valence-electron chi connectivity index (χ4n) is 2.96. The van der Waals surface area contributed by atoms with Crippen LogP contribution in [-0.2, 0) is 13.0 Å². The van der Waals surface area contributed by atoms with Crippen molar-refractivity contribution in [2.45, 2.75) is 13.0 Å². The first-order valence-electron chi connectivity index (χ1n) is 9.56. The summed E-state index contributed by atoms with van der Waals surface area (Å²) in [5.74, 6) is 1.62. The molecule has 1 aromatic heterocycles. The van der Waals surface area contributed by atoms with Crippen molar-refractivity contribution in [3.63, 3.8) is 0 Å². The van der Waals surface area contributed by atoms with Crippen molar-refractivity contribution in [2.75, 3.05) is 12.3 Å². The van der Waals surface area contributed by atoms with Crippen molar-refractivity contribution in [1.82, 2.24) is 10.2 Å². The van der Waals surface area contributed by atoms with Gasteiger partial charge in [0.25, 0.3) is 0 Å². The number of benzene rings is 3. The van der Waals surface area contributed by atoms with Crippen LogP contribution >= 0.6 is 0 Å². The van der Waals surface area contributed by atoms with Crippen LogP contribution in [0.3, 0.4) is 0 Å². The standard InChI is InChI=1S/C24H23N3O2/c25-20-8-12-23(13-9-20)29-17-21-16-24(27-26-21)19-6-10-22(11-7-19)28-15-14-18-4-2-1-3-5-18/h1-13,16H,14-15,17,25H2,(H,26,27). The number of ether oxygens (including phenoxy) is 2. The van der Waals surface area contributed by atoms with Gasteiger partial charge in [-0.15, -0.1) is 0 Å². The monoisotopic (exact) mass is 385 g/mol. The minimum Gasteiger partial charge on any atom is -0.493 e. The molecule has 4 rings (SSSR count). The van der Waals surface area contributed by atoms with Gasteiger partial charge in [0.05, 0.1) is 18.0 Å². The van der Waals surface area contributed by atoms with Gasteiger partial charge in [-0.3, -0.25) is 5.10 Å². The molecule has 0 saturated heterocycles. The third-order valence-electron chi connectivity index (χ3n) is 4.56. The Labute approximate surface area is 170 Å². The Bertz CT molecular complexity index is 1030. The molecule has 3 N–H and O–H groups in total. The molecule has 0 fully saturated rings. The van der Waals surface area contributed by atoms with Gasteiger partial charge in [-0.25, -0.2) is 0 Å². The SMILES string of the molecule is Nc1ccc(OCc2cc(-c3ccc(OCCc4ccccc4)cc3)n[nH]2)cc1. The molecule has 1 heterocycles. The zero-order valence-corrected chi connectivity index (χ0v) is 16.0. The molecule has 0 atom stereocenters. The summed E-state index contributed by atoms with van der Waals surface area (Å²) in [4.78, 5) is 0. The largest absolute Gasteiger partial charge is 0.493 e.